The second-order valence-electron chi connectivity index (χ2n) is 3.83. The van der Waals surface area contributed by atoms with Crippen LogP contribution >= 0.6 is 0 Å². The lowest BCUT2D eigenvalue weighted by Crippen LogP contribution is -2.24. The molecule has 1 aromatic heterocycles. The number of ether oxygens (including phenoxy) is 2. The Balaban J connectivity index is 1.72. The Kier molecular flexibility index (Phi) is 2.67. The van der Waals surface area contributed by atoms with Gasteiger partial charge in [-0.25, -0.2) is 4.63 Å². The maximum atomic E-state index is 11.8. The molecular formula is C11H10N4O4. The summed E-state index contributed by atoms with van der Waals surface area (Å²) in [5.41, 5.74) is 6.19. The van der Waals surface area contributed by atoms with Crippen LogP contribution in [0.5, 0.6) is 11.5 Å². The van der Waals surface area contributed by atoms with Gasteiger partial charge in [-0.2, -0.15) is 0 Å². The van der Waals surface area contributed by atoms with Crippen LogP contribution in [0.4, 0.5) is 5.82 Å². The molecule has 0 saturated carbocycles. The highest BCUT2D eigenvalue weighted by molar-refractivity contribution is 5.95. The second kappa shape index (κ2) is 4.48. The molecule has 1 aromatic carbocycles. The van der Waals surface area contributed by atoms with Gasteiger partial charge in [0.05, 0.1) is 0 Å². The zero-order valence-corrected chi connectivity index (χ0v) is 9.75. The fraction of sp³-hybridized carbons (Fsp3) is 0.182. The number of nitrogen functional groups attached to an aromatic ring is 1. The SMILES string of the molecule is Nc1nonc1C(=O)NCc1cccc2c1OCO2. The number of hydrogen-bond acceptors (Lipinski definition) is 7. The van der Waals surface area contributed by atoms with Crippen molar-refractivity contribution >= 4 is 11.7 Å². The Morgan fingerprint density at radius 2 is 2.26 bits per heavy atom. The molecule has 0 saturated heterocycles. The normalized spacial score (nSPS) is 12.4. The largest absolute Gasteiger partial charge is 0.454 e. The fourth-order valence-electron chi connectivity index (χ4n) is 1.74. The molecule has 0 bridgehead atoms. The summed E-state index contributed by atoms with van der Waals surface area (Å²) in [6.07, 6.45) is 0. The summed E-state index contributed by atoms with van der Waals surface area (Å²) in [5.74, 6) is 0.786. The first-order valence-corrected chi connectivity index (χ1v) is 5.49. The highest BCUT2D eigenvalue weighted by Crippen LogP contribution is 2.35. The predicted octanol–water partition coefficient (Wildman–Crippen LogP) is 0.310. The molecule has 8 nitrogen and oxygen atoms in total. The lowest BCUT2D eigenvalue weighted by atomic mass is 10.2. The molecule has 3 rings (SSSR count). The number of nitrogens with zero attached hydrogens (tertiary/aromatic N) is 2. The van der Waals surface area contributed by atoms with Crippen LogP contribution < -0.4 is 20.5 Å². The summed E-state index contributed by atoms with van der Waals surface area (Å²) in [6, 6.07) is 5.45. The molecule has 98 valence electrons. The van der Waals surface area contributed by atoms with Gasteiger partial charge in [0.2, 0.25) is 18.3 Å². The molecule has 0 fully saturated rings. The van der Waals surface area contributed by atoms with Crippen LogP contribution in [0, 0.1) is 0 Å². The van der Waals surface area contributed by atoms with Crippen molar-refractivity contribution in [1.29, 1.82) is 0 Å². The maximum absolute atomic E-state index is 11.8. The van der Waals surface area contributed by atoms with Gasteiger partial charge in [0.1, 0.15) is 0 Å². The third-order valence-corrected chi connectivity index (χ3v) is 2.65. The molecule has 1 aliphatic heterocycles. The van der Waals surface area contributed by atoms with Crippen molar-refractivity contribution in [3.8, 4) is 11.5 Å². The van der Waals surface area contributed by atoms with Crippen LogP contribution in [0.2, 0.25) is 0 Å². The quantitative estimate of drug-likeness (QED) is 0.818. The monoisotopic (exact) mass is 262 g/mol. The van der Waals surface area contributed by atoms with Crippen molar-refractivity contribution in [2.24, 2.45) is 0 Å². The Bertz CT molecular complexity index is 625. The first-order valence-electron chi connectivity index (χ1n) is 5.49. The number of anilines is 1. The first kappa shape index (κ1) is 11.3. The van der Waals surface area contributed by atoms with Gasteiger partial charge in [-0.05, 0) is 16.4 Å². The molecule has 0 aliphatic carbocycles. The van der Waals surface area contributed by atoms with Crippen molar-refractivity contribution in [2.75, 3.05) is 12.5 Å². The number of hydrogen-bond donors (Lipinski definition) is 2. The van der Waals surface area contributed by atoms with Gasteiger partial charge < -0.3 is 20.5 Å². The summed E-state index contributed by atoms with van der Waals surface area (Å²) in [7, 11) is 0. The van der Waals surface area contributed by atoms with Gasteiger partial charge >= 0.3 is 0 Å². The van der Waals surface area contributed by atoms with E-state index in [2.05, 4.69) is 20.3 Å². The number of fused-ring (bicyclic) bond motifs is 1. The lowest BCUT2D eigenvalue weighted by Gasteiger charge is -2.06. The number of para-hydroxylation sites is 1. The first-order chi connectivity index (χ1) is 9.25. The Morgan fingerprint density at radius 3 is 3.05 bits per heavy atom. The van der Waals surface area contributed by atoms with Crippen molar-refractivity contribution in [3.05, 3.63) is 29.5 Å². The smallest absolute Gasteiger partial charge is 0.277 e. The van der Waals surface area contributed by atoms with Gasteiger partial charge in [0.25, 0.3) is 5.91 Å². The van der Waals surface area contributed by atoms with E-state index in [1.54, 1.807) is 6.07 Å². The van der Waals surface area contributed by atoms with E-state index in [4.69, 9.17) is 15.2 Å². The molecule has 1 amide bonds. The average molecular weight is 262 g/mol. The molecule has 0 spiro atoms. The van der Waals surface area contributed by atoms with E-state index < -0.39 is 5.91 Å². The molecule has 0 unspecified atom stereocenters. The van der Waals surface area contributed by atoms with Crippen LogP contribution in [-0.4, -0.2) is 23.0 Å². The van der Waals surface area contributed by atoms with Crippen molar-refractivity contribution in [3.63, 3.8) is 0 Å². The van der Waals surface area contributed by atoms with E-state index in [1.165, 1.54) is 0 Å². The summed E-state index contributed by atoms with van der Waals surface area (Å²) in [4.78, 5) is 11.8. The fourth-order valence-corrected chi connectivity index (χ4v) is 1.74. The molecular weight excluding hydrogens is 252 g/mol. The van der Waals surface area contributed by atoms with Crippen molar-refractivity contribution in [1.82, 2.24) is 15.6 Å². The Morgan fingerprint density at radius 1 is 1.37 bits per heavy atom. The molecule has 8 heteroatoms. The van der Waals surface area contributed by atoms with Gasteiger partial charge in [0.15, 0.2) is 11.5 Å². The summed E-state index contributed by atoms with van der Waals surface area (Å²) in [5, 5.41) is 9.41. The predicted molar refractivity (Wildman–Crippen MR) is 62.4 cm³/mol. The Hall–Kier alpha value is -2.77. The minimum Gasteiger partial charge on any atom is -0.454 e. The van der Waals surface area contributed by atoms with E-state index in [1.807, 2.05) is 12.1 Å². The minimum atomic E-state index is -0.463. The number of nitrogens with two attached hydrogens (primary N) is 1. The summed E-state index contributed by atoms with van der Waals surface area (Å²) >= 11 is 0. The van der Waals surface area contributed by atoms with Gasteiger partial charge in [0, 0.05) is 12.1 Å². The number of nitrogens with one attached hydrogen (secondary N) is 1. The number of carbonyl (C=O) groups excluding carboxylic acids is 1. The van der Waals surface area contributed by atoms with E-state index in [-0.39, 0.29) is 24.8 Å². The standard InChI is InChI=1S/C11H10N4O4/c12-10-8(14-19-15-10)11(16)13-4-6-2-1-3-7-9(6)18-5-17-7/h1-3H,4-5H2,(H2,12,15)(H,13,16). The van der Waals surface area contributed by atoms with Crippen molar-refractivity contribution < 1.29 is 18.9 Å². The molecule has 3 N–H and O–H groups in total. The number of amides is 1. The lowest BCUT2D eigenvalue weighted by molar-refractivity contribution is 0.0941. The zero-order chi connectivity index (χ0) is 13.2. The minimum absolute atomic E-state index is 0.0373. The molecule has 0 atom stereocenters. The molecule has 2 aromatic rings. The van der Waals surface area contributed by atoms with Crippen molar-refractivity contribution in [2.45, 2.75) is 6.54 Å². The highest BCUT2D eigenvalue weighted by atomic mass is 16.7. The summed E-state index contributed by atoms with van der Waals surface area (Å²) < 4.78 is 14.9. The van der Waals surface area contributed by atoms with Gasteiger partial charge in [-0.15, -0.1) is 0 Å². The third kappa shape index (κ3) is 2.03. The number of benzene rings is 1. The van der Waals surface area contributed by atoms with E-state index in [0.717, 1.165) is 5.56 Å². The van der Waals surface area contributed by atoms with E-state index in [9.17, 15) is 4.79 Å². The average Bonchev–Trinajstić information content (AvgIpc) is 3.04. The van der Waals surface area contributed by atoms with Crippen LogP contribution in [0.3, 0.4) is 0 Å². The van der Waals surface area contributed by atoms with E-state index >= 15 is 0 Å². The van der Waals surface area contributed by atoms with Gasteiger partial charge in [-0.3, -0.25) is 4.79 Å². The van der Waals surface area contributed by atoms with Crippen LogP contribution in [0.25, 0.3) is 0 Å². The zero-order valence-electron chi connectivity index (χ0n) is 9.75. The molecule has 0 radical (unpaired) electrons. The Labute approximate surface area is 107 Å². The van der Waals surface area contributed by atoms with Gasteiger partial charge in [-0.1, -0.05) is 12.1 Å². The second-order valence-corrected chi connectivity index (χ2v) is 3.83. The maximum Gasteiger partial charge on any atom is 0.277 e. The number of aromatic nitrogens is 2. The van der Waals surface area contributed by atoms with E-state index in [0.29, 0.717) is 11.5 Å². The number of carbonyl (C=O) groups is 1. The number of rotatable bonds is 3. The van der Waals surface area contributed by atoms with Crippen LogP contribution in [-0.2, 0) is 6.54 Å². The highest BCUT2D eigenvalue weighted by Gasteiger charge is 2.19. The summed E-state index contributed by atoms with van der Waals surface area (Å²) in [6.45, 7) is 0.443. The third-order valence-electron chi connectivity index (χ3n) is 2.65. The van der Waals surface area contributed by atoms with Crippen LogP contribution in [0.1, 0.15) is 16.1 Å². The molecule has 19 heavy (non-hydrogen) atoms. The van der Waals surface area contributed by atoms with Crippen LogP contribution in [0.15, 0.2) is 22.8 Å². The molecule has 1 aliphatic rings. The molecule has 2 heterocycles. The topological polar surface area (TPSA) is 112 Å².